The quantitative estimate of drug-likeness (QED) is 0.225. The van der Waals surface area contributed by atoms with Crippen molar-refractivity contribution < 1.29 is 18.7 Å². The number of aliphatic hydroxyl groups excluding tert-OH is 1. The van der Waals surface area contributed by atoms with Gasteiger partial charge in [0.05, 0.1) is 18.3 Å². The lowest BCUT2D eigenvalue weighted by molar-refractivity contribution is -0.0945. The van der Waals surface area contributed by atoms with Crippen LogP contribution in [-0.4, -0.2) is 46.3 Å². The molecule has 1 aliphatic carbocycles. The molecule has 0 amide bonds. The summed E-state index contributed by atoms with van der Waals surface area (Å²) in [6.45, 7) is 23.1. The molecule has 1 heterocycles. The van der Waals surface area contributed by atoms with Gasteiger partial charge in [-0.25, -0.2) is 0 Å². The fourth-order valence-electron chi connectivity index (χ4n) is 4.99. The minimum Gasteiger partial charge on any atom is -0.413 e. The summed E-state index contributed by atoms with van der Waals surface area (Å²) in [5.41, 5.74) is 1.32. The first-order valence-electron chi connectivity index (χ1n) is 14.0. The molecule has 6 atom stereocenters. The first-order valence-corrected chi connectivity index (χ1v) is 20.6. The van der Waals surface area contributed by atoms with Gasteiger partial charge in [0.2, 0.25) is 0 Å². The van der Waals surface area contributed by atoms with Crippen LogP contribution in [0.15, 0.2) is 40.9 Å². The van der Waals surface area contributed by atoms with Crippen LogP contribution in [0.5, 0.6) is 0 Å². The van der Waals surface area contributed by atoms with Crippen LogP contribution in [0.2, 0.25) is 36.3 Å². The Balaban J connectivity index is 1.85. The van der Waals surface area contributed by atoms with Gasteiger partial charge in [0.1, 0.15) is 0 Å². The third-order valence-corrected chi connectivity index (χ3v) is 18.8. The summed E-state index contributed by atoms with van der Waals surface area (Å²) in [5, 5.41) is 10.5. The summed E-state index contributed by atoms with van der Waals surface area (Å²) >= 11 is 3.61. The summed E-state index contributed by atoms with van der Waals surface area (Å²) in [5.74, 6) is 0.521. The summed E-state index contributed by atoms with van der Waals surface area (Å²) in [6, 6.07) is 8.57. The molecule has 1 N–H and O–H groups in total. The van der Waals surface area contributed by atoms with E-state index >= 15 is 0 Å². The van der Waals surface area contributed by atoms with Gasteiger partial charge >= 0.3 is 0 Å². The van der Waals surface area contributed by atoms with E-state index in [9.17, 15) is 5.11 Å². The molecule has 37 heavy (non-hydrogen) atoms. The average molecular weight is 612 g/mol. The van der Waals surface area contributed by atoms with Gasteiger partial charge in [-0.1, -0.05) is 81.8 Å². The van der Waals surface area contributed by atoms with Crippen LogP contribution in [0, 0.1) is 11.8 Å². The second-order valence-electron chi connectivity index (χ2n) is 14.2. The van der Waals surface area contributed by atoms with E-state index in [2.05, 4.69) is 120 Å². The lowest BCUT2D eigenvalue weighted by Gasteiger charge is -2.40. The number of halogens is 1. The van der Waals surface area contributed by atoms with Gasteiger partial charge in [-0.3, -0.25) is 0 Å². The van der Waals surface area contributed by atoms with Crippen molar-refractivity contribution in [3.05, 3.63) is 46.5 Å². The number of benzene rings is 1. The van der Waals surface area contributed by atoms with Crippen LogP contribution in [0.4, 0.5) is 0 Å². The van der Waals surface area contributed by atoms with Crippen LogP contribution < -0.4 is 0 Å². The Hall–Kier alpha value is -0.286. The normalized spacial score (nSPS) is 28.2. The van der Waals surface area contributed by atoms with Gasteiger partial charge in [0, 0.05) is 16.8 Å². The van der Waals surface area contributed by atoms with Crippen molar-refractivity contribution in [3.63, 3.8) is 0 Å². The molecule has 1 unspecified atom stereocenters. The van der Waals surface area contributed by atoms with Gasteiger partial charge in [-0.2, -0.15) is 0 Å². The predicted octanol–water partition coefficient (Wildman–Crippen LogP) is 8.46. The molecule has 1 saturated heterocycles. The van der Waals surface area contributed by atoms with Crippen LogP contribution in [0.1, 0.15) is 66.4 Å². The highest BCUT2D eigenvalue weighted by molar-refractivity contribution is 9.10. The molecule has 1 aromatic carbocycles. The maximum Gasteiger partial charge on any atom is 0.192 e. The second-order valence-corrected chi connectivity index (χ2v) is 24.7. The highest BCUT2D eigenvalue weighted by atomic mass is 79.9. The number of rotatable bonds is 9. The van der Waals surface area contributed by atoms with Crippen molar-refractivity contribution in [1.82, 2.24) is 0 Å². The molecule has 1 aliphatic heterocycles. The number of aliphatic hydroxyl groups is 1. The molecule has 2 fully saturated rings. The smallest absolute Gasteiger partial charge is 0.192 e. The Morgan fingerprint density at radius 3 is 2.30 bits per heavy atom. The third kappa shape index (κ3) is 7.89. The highest BCUT2D eigenvalue weighted by Crippen LogP contribution is 2.48. The van der Waals surface area contributed by atoms with Crippen molar-refractivity contribution in [2.75, 3.05) is 0 Å². The fraction of sp³-hybridized carbons (Fsp3) is 0.733. The summed E-state index contributed by atoms with van der Waals surface area (Å²) in [6.07, 6.45) is 7.70. The standard InChI is InChI=1S/C30H51BrO4Si2/c1-29(2,3)36(7,8)34-23(15-14-21-12-11-13-22(31)18-21)16-17-24-25-19-28(32)33-26(25)20-27(24)35-37(9,10)30(4,5)6/h11-13,16-18,23-28,32H,14-15,19-20H2,1-10H3/b17-16+/t23-,24-,25-,26+,27-,28?/m1/s1. The van der Waals surface area contributed by atoms with Crippen molar-refractivity contribution in [2.45, 2.75) is 128 Å². The molecule has 3 rings (SSSR count). The second kappa shape index (κ2) is 11.7. The molecular weight excluding hydrogens is 560 g/mol. The van der Waals surface area contributed by atoms with Crippen molar-refractivity contribution in [3.8, 4) is 0 Å². The highest BCUT2D eigenvalue weighted by Gasteiger charge is 2.51. The molecule has 0 aromatic heterocycles. The van der Waals surface area contributed by atoms with Gasteiger partial charge in [0.15, 0.2) is 22.9 Å². The molecule has 0 bridgehead atoms. The number of hydrogen-bond acceptors (Lipinski definition) is 4. The minimum absolute atomic E-state index is 0.0414. The minimum atomic E-state index is -1.96. The Labute approximate surface area is 236 Å². The number of fused-ring (bicyclic) bond motifs is 1. The van der Waals surface area contributed by atoms with E-state index in [1.807, 2.05) is 0 Å². The molecule has 7 heteroatoms. The topological polar surface area (TPSA) is 47.9 Å². The maximum atomic E-state index is 10.3. The SMILES string of the molecule is CC(C)(C)[Si](C)(C)O[C@@H](/C=C/[C@@H]1[C@H]2CC(O)O[C@H]2C[C@H]1O[Si](C)(C)C(C)(C)C)CCc1cccc(Br)c1. The molecule has 210 valence electrons. The molecule has 0 radical (unpaired) electrons. The van der Waals surface area contributed by atoms with Crippen molar-refractivity contribution >= 4 is 32.6 Å². The summed E-state index contributed by atoms with van der Waals surface area (Å²) in [4.78, 5) is 0. The molecule has 4 nitrogen and oxygen atoms in total. The Morgan fingerprint density at radius 2 is 1.70 bits per heavy atom. The number of hydrogen-bond donors (Lipinski definition) is 1. The lowest BCUT2D eigenvalue weighted by Crippen LogP contribution is -2.45. The van der Waals surface area contributed by atoms with E-state index in [-0.39, 0.29) is 34.3 Å². The molecule has 1 aromatic rings. The van der Waals surface area contributed by atoms with E-state index in [0.29, 0.717) is 12.3 Å². The lowest BCUT2D eigenvalue weighted by atomic mass is 9.91. The van der Waals surface area contributed by atoms with E-state index < -0.39 is 22.9 Å². The Bertz CT molecular complexity index is 934. The molecular formula is C30H51BrO4Si2. The fourth-order valence-corrected chi connectivity index (χ4v) is 8.11. The van der Waals surface area contributed by atoms with E-state index in [0.717, 1.165) is 23.7 Å². The Morgan fingerprint density at radius 1 is 1.05 bits per heavy atom. The monoisotopic (exact) mass is 610 g/mol. The van der Waals surface area contributed by atoms with Crippen LogP contribution in [0.25, 0.3) is 0 Å². The third-order valence-electron chi connectivity index (χ3n) is 9.33. The van der Waals surface area contributed by atoms with E-state index in [4.69, 9.17) is 13.6 Å². The van der Waals surface area contributed by atoms with E-state index in [1.165, 1.54) is 5.56 Å². The molecule has 2 aliphatic rings. The average Bonchev–Trinajstić information content (AvgIpc) is 3.23. The Kier molecular flexibility index (Phi) is 9.86. The largest absolute Gasteiger partial charge is 0.413 e. The van der Waals surface area contributed by atoms with Gasteiger partial charge in [-0.15, -0.1) is 0 Å². The number of aryl methyl sites for hydroxylation is 1. The molecule has 0 spiro atoms. The zero-order chi connectivity index (χ0) is 27.8. The van der Waals surface area contributed by atoms with Gasteiger partial charge in [0.25, 0.3) is 0 Å². The van der Waals surface area contributed by atoms with E-state index in [1.54, 1.807) is 0 Å². The van der Waals surface area contributed by atoms with Gasteiger partial charge < -0.3 is 18.7 Å². The van der Waals surface area contributed by atoms with Crippen LogP contribution >= 0.6 is 15.9 Å². The maximum absolute atomic E-state index is 10.3. The molecule has 1 saturated carbocycles. The summed E-state index contributed by atoms with van der Waals surface area (Å²) in [7, 11) is -3.90. The van der Waals surface area contributed by atoms with Crippen molar-refractivity contribution in [1.29, 1.82) is 0 Å². The van der Waals surface area contributed by atoms with Gasteiger partial charge in [-0.05, 0) is 79.1 Å². The predicted molar refractivity (Wildman–Crippen MR) is 163 cm³/mol. The van der Waals surface area contributed by atoms with Crippen LogP contribution in [-0.2, 0) is 20.0 Å². The first kappa shape index (κ1) is 31.2. The zero-order valence-electron chi connectivity index (χ0n) is 24.8. The first-order chi connectivity index (χ1) is 16.9. The van der Waals surface area contributed by atoms with Crippen molar-refractivity contribution in [2.24, 2.45) is 11.8 Å². The zero-order valence-corrected chi connectivity index (χ0v) is 28.4. The number of ether oxygens (including phenoxy) is 1. The van der Waals surface area contributed by atoms with Crippen LogP contribution in [0.3, 0.4) is 0 Å². The summed E-state index contributed by atoms with van der Waals surface area (Å²) < 4.78 is 21.0.